The van der Waals surface area contributed by atoms with Crippen LogP contribution in [0, 0.1) is 6.92 Å². The second-order valence-electron chi connectivity index (χ2n) is 5.18. The largest absolute Gasteiger partial charge is 0.416 e. The van der Waals surface area contributed by atoms with E-state index in [0.717, 1.165) is 18.3 Å². The summed E-state index contributed by atoms with van der Waals surface area (Å²) in [6.45, 7) is 1.63. The number of hydrogen-bond acceptors (Lipinski definition) is 5. The van der Waals surface area contributed by atoms with Gasteiger partial charge in [-0.05, 0) is 30.7 Å². The Labute approximate surface area is 151 Å². The molecule has 6 nitrogen and oxygen atoms in total. The first-order valence-electron chi connectivity index (χ1n) is 7.37. The molecule has 0 radical (unpaired) electrons. The molecule has 0 aromatic carbocycles. The smallest absolute Gasteiger partial charge is 0.349 e. The predicted octanol–water partition coefficient (Wildman–Crippen LogP) is 3.04. The summed E-state index contributed by atoms with van der Waals surface area (Å²) in [5.74, 6) is -1.83. The minimum absolute atomic E-state index is 0.0917. The predicted molar refractivity (Wildman–Crippen MR) is 90.2 cm³/mol. The number of pyridine rings is 2. The maximum atomic E-state index is 13.0. The minimum atomic E-state index is -4.57. The first-order chi connectivity index (χ1) is 12.2. The summed E-state index contributed by atoms with van der Waals surface area (Å²) in [4.78, 5) is 32.0. The van der Waals surface area contributed by atoms with Crippen LogP contribution in [0.3, 0.4) is 0 Å². The van der Waals surface area contributed by atoms with E-state index in [0.29, 0.717) is 23.2 Å². The Hall–Kier alpha value is -2.62. The van der Waals surface area contributed by atoms with E-state index in [9.17, 15) is 22.8 Å². The van der Waals surface area contributed by atoms with Crippen molar-refractivity contribution in [3.8, 4) is 0 Å². The van der Waals surface area contributed by atoms with E-state index in [1.54, 1.807) is 19.1 Å². The lowest BCUT2D eigenvalue weighted by Gasteiger charge is -2.18. The summed E-state index contributed by atoms with van der Waals surface area (Å²) in [5, 5.41) is 1.80. The van der Waals surface area contributed by atoms with E-state index < -0.39 is 28.8 Å². The van der Waals surface area contributed by atoms with Crippen LogP contribution in [-0.2, 0) is 11.0 Å². The number of aryl methyl sites for hydroxylation is 1. The molecule has 0 saturated heterocycles. The van der Waals surface area contributed by atoms with Gasteiger partial charge in [-0.2, -0.15) is 13.2 Å². The summed E-state index contributed by atoms with van der Waals surface area (Å²) in [6, 6.07) is 4.80. The van der Waals surface area contributed by atoms with Gasteiger partial charge in [-0.1, -0.05) is 6.07 Å². The standard InChI is InChI=1S/C16H15F3N4O2S/c1-9-11(4-3-6-21-9)13(14(24)23-26-15(25)20-2)12-8-10(5-7-22-12)16(17,18)19/h3-8,13H,1-2H3,(H,20,25)(H,23,24). The zero-order chi connectivity index (χ0) is 19.3. The molecule has 2 aromatic heterocycles. The van der Waals surface area contributed by atoms with Crippen molar-refractivity contribution >= 4 is 23.1 Å². The van der Waals surface area contributed by atoms with Crippen molar-refractivity contribution in [2.75, 3.05) is 7.05 Å². The van der Waals surface area contributed by atoms with Crippen LogP contribution in [0.25, 0.3) is 0 Å². The van der Waals surface area contributed by atoms with E-state index in [-0.39, 0.29) is 5.69 Å². The topological polar surface area (TPSA) is 84.0 Å². The molecule has 0 aliphatic heterocycles. The number of nitrogens with zero attached hydrogens (tertiary/aromatic N) is 2. The number of carbonyl (C=O) groups is 2. The molecule has 1 atom stereocenters. The normalized spacial score (nSPS) is 12.3. The third-order valence-electron chi connectivity index (χ3n) is 3.47. The summed E-state index contributed by atoms with van der Waals surface area (Å²) < 4.78 is 41.4. The van der Waals surface area contributed by atoms with Gasteiger partial charge >= 0.3 is 6.18 Å². The number of halogens is 3. The van der Waals surface area contributed by atoms with Gasteiger partial charge in [-0.25, -0.2) is 0 Å². The first kappa shape index (κ1) is 19.7. The molecule has 138 valence electrons. The van der Waals surface area contributed by atoms with E-state index in [1.165, 1.54) is 13.2 Å². The van der Waals surface area contributed by atoms with Crippen LogP contribution in [0.5, 0.6) is 0 Å². The van der Waals surface area contributed by atoms with Crippen LogP contribution in [0.4, 0.5) is 18.0 Å². The highest BCUT2D eigenvalue weighted by atomic mass is 32.2. The van der Waals surface area contributed by atoms with Crippen LogP contribution < -0.4 is 10.0 Å². The second-order valence-corrected chi connectivity index (χ2v) is 5.96. The fourth-order valence-electron chi connectivity index (χ4n) is 2.23. The van der Waals surface area contributed by atoms with Crippen molar-refractivity contribution < 1.29 is 22.8 Å². The number of alkyl halides is 3. The molecule has 0 spiro atoms. The van der Waals surface area contributed by atoms with Crippen LogP contribution in [0.2, 0.25) is 0 Å². The van der Waals surface area contributed by atoms with Crippen molar-refractivity contribution in [2.24, 2.45) is 0 Å². The number of nitrogens with one attached hydrogen (secondary N) is 2. The fraction of sp³-hybridized carbons (Fsp3) is 0.250. The molecule has 26 heavy (non-hydrogen) atoms. The van der Waals surface area contributed by atoms with Gasteiger partial charge in [0.05, 0.1) is 23.2 Å². The van der Waals surface area contributed by atoms with Crippen LogP contribution in [0.1, 0.15) is 28.4 Å². The van der Waals surface area contributed by atoms with Gasteiger partial charge < -0.3 is 5.32 Å². The highest BCUT2D eigenvalue weighted by molar-refractivity contribution is 8.12. The monoisotopic (exact) mass is 384 g/mol. The SMILES string of the molecule is CNC(=O)SNC(=O)C(c1cc(C(F)(F)F)ccn1)c1cccnc1C. The van der Waals surface area contributed by atoms with E-state index in [1.807, 2.05) is 0 Å². The van der Waals surface area contributed by atoms with Crippen LogP contribution in [0.15, 0.2) is 36.7 Å². The van der Waals surface area contributed by atoms with E-state index >= 15 is 0 Å². The molecule has 0 aliphatic carbocycles. The molecular weight excluding hydrogens is 369 g/mol. The molecule has 2 amide bonds. The Morgan fingerprint density at radius 1 is 1.19 bits per heavy atom. The maximum Gasteiger partial charge on any atom is 0.416 e. The van der Waals surface area contributed by atoms with Crippen LogP contribution >= 0.6 is 11.9 Å². The van der Waals surface area contributed by atoms with Crippen molar-refractivity contribution in [1.29, 1.82) is 0 Å². The highest BCUT2D eigenvalue weighted by Crippen LogP contribution is 2.32. The lowest BCUT2D eigenvalue weighted by Crippen LogP contribution is -2.29. The number of carbonyl (C=O) groups excluding carboxylic acids is 2. The van der Waals surface area contributed by atoms with Gasteiger partial charge in [-0.3, -0.25) is 24.3 Å². The fourth-order valence-corrected chi connectivity index (χ4v) is 2.64. The quantitative estimate of drug-likeness (QED) is 0.795. The molecule has 0 aliphatic rings. The summed E-state index contributed by atoms with van der Waals surface area (Å²) in [7, 11) is 1.39. The zero-order valence-corrected chi connectivity index (χ0v) is 14.6. The molecule has 2 N–H and O–H groups in total. The lowest BCUT2D eigenvalue weighted by molar-refractivity contribution is -0.137. The van der Waals surface area contributed by atoms with Crippen molar-refractivity contribution in [3.05, 3.63) is 59.2 Å². The van der Waals surface area contributed by atoms with Gasteiger partial charge in [0.25, 0.3) is 5.24 Å². The van der Waals surface area contributed by atoms with E-state index in [4.69, 9.17) is 0 Å². The summed E-state index contributed by atoms with van der Waals surface area (Å²) in [6.07, 6.45) is -2.07. The molecule has 10 heteroatoms. The maximum absolute atomic E-state index is 13.0. The highest BCUT2D eigenvalue weighted by Gasteiger charge is 2.33. The second kappa shape index (κ2) is 8.17. The number of rotatable bonds is 3. The Morgan fingerprint density at radius 3 is 2.54 bits per heavy atom. The lowest BCUT2D eigenvalue weighted by atomic mass is 9.92. The zero-order valence-electron chi connectivity index (χ0n) is 13.8. The summed E-state index contributed by atoms with van der Waals surface area (Å²) >= 11 is 0.498. The van der Waals surface area contributed by atoms with Gasteiger partial charge in [0.1, 0.15) is 5.92 Å². The average molecular weight is 384 g/mol. The molecule has 2 rings (SSSR count). The molecule has 2 aromatic rings. The van der Waals surface area contributed by atoms with Crippen molar-refractivity contribution in [2.45, 2.75) is 19.0 Å². The summed E-state index contributed by atoms with van der Waals surface area (Å²) in [5.41, 5.74) is -0.141. The van der Waals surface area contributed by atoms with Crippen molar-refractivity contribution in [1.82, 2.24) is 20.0 Å². The molecule has 0 bridgehead atoms. The molecule has 0 saturated carbocycles. The first-order valence-corrected chi connectivity index (χ1v) is 8.18. The third-order valence-corrected chi connectivity index (χ3v) is 4.17. The Kier molecular flexibility index (Phi) is 6.19. The Bertz CT molecular complexity index is 814. The molecular formula is C16H15F3N4O2S. The van der Waals surface area contributed by atoms with E-state index in [2.05, 4.69) is 20.0 Å². The number of amides is 2. The van der Waals surface area contributed by atoms with Gasteiger partial charge in [0.15, 0.2) is 0 Å². The van der Waals surface area contributed by atoms with Gasteiger partial charge in [0, 0.05) is 25.1 Å². The van der Waals surface area contributed by atoms with Crippen molar-refractivity contribution in [3.63, 3.8) is 0 Å². The molecule has 2 heterocycles. The number of hydrogen-bond donors (Lipinski definition) is 2. The minimum Gasteiger partial charge on any atom is -0.349 e. The Morgan fingerprint density at radius 2 is 1.92 bits per heavy atom. The average Bonchev–Trinajstić information content (AvgIpc) is 2.61. The van der Waals surface area contributed by atoms with Gasteiger partial charge in [-0.15, -0.1) is 0 Å². The van der Waals surface area contributed by atoms with Gasteiger partial charge in [0.2, 0.25) is 5.91 Å². The Balaban J connectivity index is 2.46. The molecule has 0 fully saturated rings. The van der Waals surface area contributed by atoms with Crippen LogP contribution in [-0.4, -0.2) is 28.2 Å². The molecule has 1 unspecified atom stereocenters. The number of aromatic nitrogens is 2. The third kappa shape index (κ3) is 4.72.